The lowest BCUT2D eigenvalue weighted by Gasteiger charge is -2.17. The number of ether oxygens (including phenoxy) is 2. The van der Waals surface area contributed by atoms with Crippen molar-refractivity contribution in [1.82, 2.24) is 0 Å². The molecule has 0 amide bonds. The molecule has 0 aliphatic heterocycles. The zero-order chi connectivity index (χ0) is 14.0. The van der Waals surface area contributed by atoms with Gasteiger partial charge in [-0.25, -0.2) is 0 Å². The molecule has 0 fully saturated rings. The Balaban J connectivity index is 4.18. The summed E-state index contributed by atoms with van der Waals surface area (Å²) in [5, 5.41) is 0. The molecule has 0 spiro atoms. The average Bonchev–Trinajstić information content (AvgIpc) is 2.29. The van der Waals surface area contributed by atoms with Crippen LogP contribution in [0.2, 0.25) is 0 Å². The first-order valence-corrected chi connectivity index (χ1v) is 6.13. The summed E-state index contributed by atoms with van der Waals surface area (Å²) in [6, 6.07) is 0. The Morgan fingerprint density at radius 1 is 1.17 bits per heavy atom. The van der Waals surface area contributed by atoms with Crippen LogP contribution in [-0.4, -0.2) is 18.5 Å². The van der Waals surface area contributed by atoms with Crippen LogP contribution in [-0.2, 0) is 19.1 Å². The van der Waals surface area contributed by atoms with Gasteiger partial charge >= 0.3 is 11.9 Å². The third-order valence-corrected chi connectivity index (χ3v) is 2.17. The minimum atomic E-state index is -0.796. The largest absolute Gasteiger partial charge is 0.465 e. The molecule has 0 aromatic heterocycles. The highest BCUT2D eigenvalue weighted by atomic mass is 16.5. The van der Waals surface area contributed by atoms with Gasteiger partial charge in [-0.2, -0.15) is 0 Å². The summed E-state index contributed by atoms with van der Waals surface area (Å²) in [6.07, 6.45) is 7.54. The first kappa shape index (κ1) is 16.4. The summed E-state index contributed by atoms with van der Waals surface area (Å²) in [7, 11) is 0. The summed E-state index contributed by atoms with van der Waals surface area (Å²) in [5.74, 6) is -0.696. The average molecular weight is 254 g/mol. The molecule has 0 heterocycles. The maximum atomic E-state index is 11.5. The lowest BCUT2D eigenvalue weighted by atomic mass is 9.94. The second kappa shape index (κ2) is 8.50. The van der Waals surface area contributed by atoms with Crippen molar-refractivity contribution >= 4 is 11.9 Å². The Morgan fingerprint density at radius 2 is 1.83 bits per heavy atom. The van der Waals surface area contributed by atoms with Gasteiger partial charge in [0, 0.05) is 0 Å². The van der Waals surface area contributed by atoms with Gasteiger partial charge in [-0.05, 0) is 33.3 Å². The van der Waals surface area contributed by atoms with Crippen molar-refractivity contribution in [2.24, 2.45) is 5.41 Å². The summed E-state index contributed by atoms with van der Waals surface area (Å²) in [5.41, 5.74) is -0.796. The molecule has 18 heavy (non-hydrogen) atoms. The lowest BCUT2D eigenvalue weighted by molar-refractivity contribution is -0.151. The Labute approximate surface area is 109 Å². The quantitative estimate of drug-likeness (QED) is 0.398. The molecule has 0 aliphatic rings. The van der Waals surface area contributed by atoms with E-state index in [1.54, 1.807) is 26.8 Å². The summed E-state index contributed by atoms with van der Waals surface area (Å²) < 4.78 is 9.78. The van der Waals surface area contributed by atoms with E-state index >= 15 is 0 Å². The molecule has 0 N–H and O–H groups in total. The van der Waals surface area contributed by atoms with E-state index in [9.17, 15) is 9.59 Å². The minimum absolute atomic E-state index is 0.234. The van der Waals surface area contributed by atoms with Crippen LogP contribution in [0.4, 0.5) is 0 Å². The van der Waals surface area contributed by atoms with Crippen LogP contribution in [0.5, 0.6) is 0 Å². The van der Waals surface area contributed by atoms with Crippen molar-refractivity contribution in [3.8, 4) is 0 Å². The summed E-state index contributed by atoms with van der Waals surface area (Å²) in [4.78, 5) is 22.8. The van der Waals surface area contributed by atoms with E-state index < -0.39 is 5.41 Å². The molecule has 102 valence electrons. The number of hydrogen-bond donors (Lipinski definition) is 0. The van der Waals surface area contributed by atoms with Crippen molar-refractivity contribution in [3.05, 3.63) is 24.5 Å². The molecular formula is C14H22O4. The third-order valence-electron chi connectivity index (χ3n) is 2.17. The van der Waals surface area contributed by atoms with Crippen LogP contribution in [0.1, 0.15) is 40.5 Å². The summed E-state index contributed by atoms with van der Waals surface area (Å²) in [6.45, 7) is 7.47. The van der Waals surface area contributed by atoms with E-state index in [1.807, 2.05) is 13.0 Å². The Bertz CT molecular complexity index is 327. The Kier molecular flexibility index (Phi) is 7.76. The maximum absolute atomic E-state index is 11.5. The highest BCUT2D eigenvalue weighted by molar-refractivity contribution is 5.78. The fourth-order valence-corrected chi connectivity index (χ4v) is 1.06. The van der Waals surface area contributed by atoms with Crippen LogP contribution < -0.4 is 0 Å². The molecular weight excluding hydrogens is 232 g/mol. The molecule has 0 atom stereocenters. The first-order valence-electron chi connectivity index (χ1n) is 6.13. The van der Waals surface area contributed by atoms with E-state index in [4.69, 9.17) is 9.47 Å². The Hall–Kier alpha value is -1.58. The van der Waals surface area contributed by atoms with Gasteiger partial charge in [-0.15, -0.1) is 0 Å². The van der Waals surface area contributed by atoms with Gasteiger partial charge < -0.3 is 9.47 Å². The van der Waals surface area contributed by atoms with Gasteiger partial charge in [0.05, 0.1) is 24.7 Å². The number of carbonyl (C=O) groups excluding carboxylic acids is 2. The molecule has 0 saturated heterocycles. The van der Waals surface area contributed by atoms with Crippen molar-refractivity contribution in [1.29, 1.82) is 0 Å². The van der Waals surface area contributed by atoms with E-state index in [0.29, 0.717) is 6.61 Å². The molecule has 0 aromatic rings. The van der Waals surface area contributed by atoms with E-state index in [-0.39, 0.29) is 18.4 Å². The molecule has 4 heteroatoms. The molecule has 0 radical (unpaired) electrons. The van der Waals surface area contributed by atoms with E-state index in [2.05, 4.69) is 0 Å². The van der Waals surface area contributed by atoms with E-state index in [0.717, 1.165) is 6.42 Å². The predicted octanol–water partition coefficient (Wildman–Crippen LogP) is 2.99. The van der Waals surface area contributed by atoms with Gasteiger partial charge in [0.2, 0.25) is 0 Å². The zero-order valence-corrected chi connectivity index (χ0v) is 11.6. The zero-order valence-electron chi connectivity index (χ0n) is 11.6. The third kappa shape index (κ3) is 6.89. The van der Waals surface area contributed by atoms with Crippen LogP contribution in [0.15, 0.2) is 24.5 Å². The van der Waals surface area contributed by atoms with Crippen LogP contribution >= 0.6 is 0 Å². The summed E-state index contributed by atoms with van der Waals surface area (Å²) >= 11 is 0. The van der Waals surface area contributed by atoms with Gasteiger partial charge in [0.15, 0.2) is 0 Å². The standard InChI is InChI=1S/C14H22O4/c1-5-7-8-9-12(15)18-11-10-14(3,4)13(16)17-6-2/h7-8,10-11H,5-6,9H2,1-4H3. The van der Waals surface area contributed by atoms with Crippen LogP contribution in [0, 0.1) is 5.41 Å². The fourth-order valence-electron chi connectivity index (χ4n) is 1.06. The topological polar surface area (TPSA) is 52.6 Å². The predicted molar refractivity (Wildman–Crippen MR) is 69.7 cm³/mol. The molecule has 0 unspecified atom stereocenters. The lowest BCUT2D eigenvalue weighted by Crippen LogP contribution is -2.24. The van der Waals surface area contributed by atoms with Crippen molar-refractivity contribution in [2.75, 3.05) is 6.61 Å². The second-order valence-electron chi connectivity index (χ2n) is 4.32. The van der Waals surface area contributed by atoms with Gasteiger partial charge in [-0.1, -0.05) is 19.1 Å². The molecule has 0 aromatic carbocycles. The highest BCUT2D eigenvalue weighted by Crippen LogP contribution is 2.19. The molecule has 0 saturated carbocycles. The molecule has 0 aliphatic carbocycles. The smallest absolute Gasteiger partial charge is 0.315 e. The number of carbonyl (C=O) groups is 2. The monoisotopic (exact) mass is 254 g/mol. The van der Waals surface area contributed by atoms with Crippen molar-refractivity contribution < 1.29 is 19.1 Å². The fraction of sp³-hybridized carbons (Fsp3) is 0.571. The van der Waals surface area contributed by atoms with Gasteiger partial charge in [0.25, 0.3) is 0 Å². The highest BCUT2D eigenvalue weighted by Gasteiger charge is 2.26. The Morgan fingerprint density at radius 3 is 2.39 bits per heavy atom. The minimum Gasteiger partial charge on any atom is -0.465 e. The van der Waals surface area contributed by atoms with Crippen molar-refractivity contribution in [3.63, 3.8) is 0 Å². The molecule has 0 bridgehead atoms. The maximum Gasteiger partial charge on any atom is 0.315 e. The molecule has 4 nitrogen and oxygen atoms in total. The van der Waals surface area contributed by atoms with E-state index in [1.165, 1.54) is 12.3 Å². The number of allylic oxidation sites excluding steroid dienone is 1. The van der Waals surface area contributed by atoms with Gasteiger partial charge in [-0.3, -0.25) is 9.59 Å². The first-order chi connectivity index (χ1) is 8.44. The van der Waals surface area contributed by atoms with Crippen molar-refractivity contribution in [2.45, 2.75) is 40.5 Å². The van der Waals surface area contributed by atoms with Gasteiger partial charge in [0.1, 0.15) is 0 Å². The molecule has 0 rings (SSSR count). The number of rotatable bonds is 7. The number of hydrogen-bond acceptors (Lipinski definition) is 4. The normalized spacial score (nSPS) is 12.0. The second-order valence-corrected chi connectivity index (χ2v) is 4.32. The number of esters is 2. The van der Waals surface area contributed by atoms with Crippen LogP contribution in [0.25, 0.3) is 0 Å². The van der Waals surface area contributed by atoms with Crippen LogP contribution in [0.3, 0.4) is 0 Å². The SMILES string of the molecule is CCC=CCC(=O)OC=CC(C)(C)C(=O)OCC.